The van der Waals surface area contributed by atoms with E-state index in [1.54, 1.807) is 0 Å². The molecule has 0 aliphatic carbocycles. The molecule has 2 atom stereocenters. The molecule has 3 heteroatoms. The molecule has 0 saturated carbocycles. The Morgan fingerprint density at radius 2 is 1.67 bits per heavy atom. The SMILES string of the molecule is CCCC(N[C@H](C)c1cccc(Cl)c1)c1ccc(Cl)cc1. The lowest BCUT2D eigenvalue weighted by Crippen LogP contribution is -2.24. The molecule has 0 heterocycles. The number of hydrogen-bond donors (Lipinski definition) is 1. The van der Waals surface area contributed by atoms with E-state index >= 15 is 0 Å². The molecular formula is C18H21Cl2N. The zero-order valence-corrected chi connectivity index (χ0v) is 14.0. The van der Waals surface area contributed by atoms with Crippen LogP contribution in [0.5, 0.6) is 0 Å². The molecule has 0 fully saturated rings. The molecule has 1 N–H and O–H groups in total. The summed E-state index contributed by atoms with van der Waals surface area (Å²) in [5.74, 6) is 0. The molecule has 2 aromatic carbocycles. The summed E-state index contributed by atoms with van der Waals surface area (Å²) in [5, 5.41) is 5.25. The van der Waals surface area contributed by atoms with Gasteiger partial charge in [0.05, 0.1) is 0 Å². The van der Waals surface area contributed by atoms with Crippen LogP contribution in [0.2, 0.25) is 10.0 Å². The summed E-state index contributed by atoms with van der Waals surface area (Å²) in [6.45, 7) is 4.37. The van der Waals surface area contributed by atoms with Crippen molar-refractivity contribution >= 4 is 23.2 Å². The van der Waals surface area contributed by atoms with Crippen LogP contribution in [-0.2, 0) is 0 Å². The van der Waals surface area contributed by atoms with E-state index in [-0.39, 0.29) is 6.04 Å². The smallest absolute Gasteiger partial charge is 0.0409 e. The van der Waals surface area contributed by atoms with Crippen molar-refractivity contribution in [3.8, 4) is 0 Å². The molecule has 0 amide bonds. The molecule has 0 spiro atoms. The highest BCUT2D eigenvalue weighted by Gasteiger charge is 2.15. The van der Waals surface area contributed by atoms with Crippen molar-refractivity contribution in [3.63, 3.8) is 0 Å². The van der Waals surface area contributed by atoms with E-state index in [0.29, 0.717) is 6.04 Å². The van der Waals surface area contributed by atoms with Gasteiger partial charge < -0.3 is 5.32 Å². The molecule has 2 rings (SSSR count). The van der Waals surface area contributed by atoms with Crippen molar-refractivity contribution in [3.05, 3.63) is 69.7 Å². The fourth-order valence-corrected chi connectivity index (χ4v) is 2.83. The molecule has 0 saturated heterocycles. The quantitative estimate of drug-likeness (QED) is 0.669. The molecule has 21 heavy (non-hydrogen) atoms. The van der Waals surface area contributed by atoms with Crippen LogP contribution >= 0.6 is 23.2 Å². The van der Waals surface area contributed by atoms with Gasteiger partial charge in [0, 0.05) is 22.1 Å². The summed E-state index contributed by atoms with van der Waals surface area (Å²) >= 11 is 12.1. The number of rotatable bonds is 6. The van der Waals surface area contributed by atoms with E-state index in [1.165, 1.54) is 11.1 Å². The summed E-state index contributed by atoms with van der Waals surface area (Å²) < 4.78 is 0. The summed E-state index contributed by atoms with van der Waals surface area (Å²) in [5.41, 5.74) is 2.48. The Bertz CT molecular complexity index is 566. The molecular weight excluding hydrogens is 301 g/mol. The highest BCUT2D eigenvalue weighted by molar-refractivity contribution is 6.30. The van der Waals surface area contributed by atoms with Gasteiger partial charge in [0.2, 0.25) is 0 Å². The lowest BCUT2D eigenvalue weighted by Gasteiger charge is -2.24. The van der Waals surface area contributed by atoms with Gasteiger partial charge in [0.1, 0.15) is 0 Å². The molecule has 0 bridgehead atoms. The van der Waals surface area contributed by atoms with Crippen LogP contribution < -0.4 is 5.32 Å². The van der Waals surface area contributed by atoms with E-state index in [1.807, 2.05) is 30.3 Å². The van der Waals surface area contributed by atoms with Gasteiger partial charge in [-0.25, -0.2) is 0 Å². The van der Waals surface area contributed by atoms with Gasteiger partial charge in [0.15, 0.2) is 0 Å². The maximum Gasteiger partial charge on any atom is 0.0409 e. The number of halogens is 2. The second-order valence-electron chi connectivity index (χ2n) is 5.34. The van der Waals surface area contributed by atoms with Crippen LogP contribution in [0.3, 0.4) is 0 Å². The highest BCUT2D eigenvalue weighted by Crippen LogP contribution is 2.25. The Morgan fingerprint density at radius 3 is 2.29 bits per heavy atom. The lowest BCUT2D eigenvalue weighted by molar-refractivity contribution is 0.439. The first-order chi connectivity index (χ1) is 10.1. The van der Waals surface area contributed by atoms with E-state index in [9.17, 15) is 0 Å². The second-order valence-corrected chi connectivity index (χ2v) is 6.21. The Kier molecular flexibility index (Phi) is 6.10. The largest absolute Gasteiger partial charge is 0.303 e. The van der Waals surface area contributed by atoms with Crippen molar-refractivity contribution in [1.82, 2.24) is 5.32 Å². The molecule has 1 unspecified atom stereocenters. The fourth-order valence-electron chi connectivity index (χ4n) is 2.50. The van der Waals surface area contributed by atoms with Crippen molar-refractivity contribution < 1.29 is 0 Å². The van der Waals surface area contributed by atoms with Crippen molar-refractivity contribution in [2.75, 3.05) is 0 Å². The molecule has 112 valence electrons. The fraction of sp³-hybridized carbons (Fsp3) is 0.333. The van der Waals surface area contributed by atoms with Crippen LogP contribution in [0.4, 0.5) is 0 Å². The molecule has 0 radical (unpaired) electrons. The summed E-state index contributed by atoms with van der Waals surface area (Å²) in [4.78, 5) is 0. The van der Waals surface area contributed by atoms with Crippen molar-refractivity contribution in [1.29, 1.82) is 0 Å². The molecule has 1 nitrogen and oxygen atoms in total. The molecule has 0 aliphatic heterocycles. The normalized spacial score (nSPS) is 13.9. The second kappa shape index (κ2) is 7.84. The Morgan fingerprint density at radius 1 is 0.952 bits per heavy atom. The topological polar surface area (TPSA) is 12.0 Å². The van der Waals surface area contributed by atoms with Gasteiger partial charge in [-0.3, -0.25) is 0 Å². The minimum atomic E-state index is 0.246. The summed E-state index contributed by atoms with van der Waals surface area (Å²) in [6.07, 6.45) is 2.22. The first-order valence-corrected chi connectivity index (χ1v) is 8.12. The van der Waals surface area contributed by atoms with Gasteiger partial charge in [0.25, 0.3) is 0 Å². The van der Waals surface area contributed by atoms with Gasteiger partial charge in [-0.05, 0) is 48.7 Å². The van der Waals surface area contributed by atoms with Gasteiger partial charge >= 0.3 is 0 Å². The Hall–Kier alpha value is -1.02. The third-order valence-electron chi connectivity index (χ3n) is 3.65. The average molecular weight is 322 g/mol. The molecule has 2 aromatic rings. The van der Waals surface area contributed by atoms with Crippen LogP contribution in [-0.4, -0.2) is 0 Å². The van der Waals surface area contributed by atoms with E-state index in [2.05, 4.69) is 37.4 Å². The van der Waals surface area contributed by atoms with Gasteiger partial charge in [-0.15, -0.1) is 0 Å². The molecule has 0 aromatic heterocycles. The van der Waals surface area contributed by atoms with Crippen molar-refractivity contribution in [2.45, 2.75) is 38.8 Å². The average Bonchev–Trinajstić information content (AvgIpc) is 2.47. The van der Waals surface area contributed by atoms with Crippen molar-refractivity contribution in [2.24, 2.45) is 0 Å². The zero-order valence-electron chi connectivity index (χ0n) is 12.4. The predicted molar refractivity (Wildman–Crippen MR) is 92.1 cm³/mol. The zero-order chi connectivity index (χ0) is 15.2. The van der Waals surface area contributed by atoms with Crippen LogP contribution in [0.25, 0.3) is 0 Å². The first kappa shape index (κ1) is 16.4. The first-order valence-electron chi connectivity index (χ1n) is 7.37. The minimum absolute atomic E-state index is 0.246. The van der Waals surface area contributed by atoms with Crippen LogP contribution in [0.15, 0.2) is 48.5 Å². The van der Waals surface area contributed by atoms with E-state index in [4.69, 9.17) is 23.2 Å². The summed E-state index contributed by atoms with van der Waals surface area (Å²) in [7, 11) is 0. The Labute approximate surface area is 137 Å². The maximum atomic E-state index is 6.08. The standard InChI is InChI=1S/C18H21Cl2N/c1-3-5-18(14-8-10-16(19)11-9-14)21-13(2)15-6-4-7-17(20)12-15/h4,6-13,18,21H,3,5H2,1-2H3/t13-,18?/m1/s1. The molecule has 0 aliphatic rings. The lowest BCUT2D eigenvalue weighted by atomic mass is 9.99. The minimum Gasteiger partial charge on any atom is -0.303 e. The summed E-state index contributed by atoms with van der Waals surface area (Å²) in [6, 6.07) is 16.7. The van der Waals surface area contributed by atoms with E-state index < -0.39 is 0 Å². The number of nitrogens with one attached hydrogen (secondary N) is 1. The predicted octanol–water partition coefficient (Wildman–Crippen LogP) is 6.19. The van der Waals surface area contributed by atoms with Gasteiger partial charge in [-0.2, -0.15) is 0 Å². The monoisotopic (exact) mass is 321 g/mol. The number of benzene rings is 2. The van der Waals surface area contributed by atoms with Crippen LogP contribution in [0.1, 0.15) is 49.9 Å². The van der Waals surface area contributed by atoms with E-state index in [0.717, 1.165) is 22.9 Å². The third kappa shape index (κ3) is 4.74. The highest BCUT2D eigenvalue weighted by atomic mass is 35.5. The Balaban J connectivity index is 2.14. The third-order valence-corrected chi connectivity index (χ3v) is 4.14. The number of hydrogen-bond acceptors (Lipinski definition) is 1. The van der Waals surface area contributed by atoms with Gasteiger partial charge in [-0.1, -0.05) is 60.8 Å². The van der Waals surface area contributed by atoms with Crippen LogP contribution in [0, 0.1) is 0 Å². The maximum absolute atomic E-state index is 6.08.